The Kier molecular flexibility index (Phi) is 5.10. The lowest BCUT2D eigenvalue weighted by Gasteiger charge is -2.10. The van der Waals surface area contributed by atoms with E-state index in [9.17, 15) is 9.18 Å². The van der Waals surface area contributed by atoms with Crippen molar-refractivity contribution < 1.29 is 9.18 Å². The molecule has 0 spiro atoms. The Hall–Kier alpha value is -4.27. The Morgan fingerprint density at radius 2 is 1.76 bits per heavy atom. The Bertz CT molecular complexity index is 1110. The minimum atomic E-state index is -0.531. The molecule has 0 saturated heterocycles. The van der Waals surface area contributed by atoms with E-state index in [2.05, 4.69) is 30.9 Å². The number of para-hydroxylation sites is 1. The molecule has 0 saturated carbocycles. The monoisotopic (exact) mass is 389 g/mol. The standard InChI is InChI=1S/C20H16FN7O/c21-16-3-1-2-4-17(16)27-20(29)26-15-7-5-14(6-8-15)25-18-11-19(24-12-23-18)28-10-9-22-13-28/h1-13H,(H,23,24,25)(H2,26,27,29). The summed E-state index contributed by atoms with van der Waals surface area (Å²) in [6.07, 6.45) is 6.57. The van der Waals surface area contributed by atoms with Gasteiger partial charge in [0.2, 0.25) is 0 Å². The predicted octanol–water partition coefficient (Wildman–Crippen LogP) is 4.19. The number of carbonyl (C=O) groups excluding carboxylic acids is 1. The SMILES string of the molecule is O=C(Nc1ccc(Nc2cc(-n3ccnc3)ncn2)cc1)Nc1ccccc1F. The zero-order valence-corrected chi connectivity index (χ0v) is 15.1. The molecule has 9 heteroatoms. The molecule has 2 amide bonds. The molecule has 0 unspecified atom stereocenters. The molecule has 0 bridgehead atoms. The van der Waals surface area contributed by atoms with Crippen molar-refractivity contribution in [2.45, 2.75) is 0 Å². The summed E-state index contributed by atoms with van der Waals surface area (Å²) in [5, 5.41) is 8.29. The number of imidazole rings is 1. The molecule has 0 aliphatic heterocycles. The van der Waals surface area contributed by atoms with Gasteiger partial charge < -0.3 is 16.0 Å². The van der Waals surface area contributed by atoms with Gasteiger partial charge in [-0.3, -0.25) is 4.57 Å². The molecule has 144 valence electrons. The summed E-state index contributed by atoms with van der Waals surface area (Å²) in [6.45, 7) is 0. The number of amides is 2. The first-order valence-corrected chi connectivity index (χ1v) is 8.67. The van der Waals surface area contributed by atoms with Crippen molar-refractivity contribution in [3.8, 4) is 5.82 Å². The van der Waals surface area contributed by atoms with Gasteiger partial charge in [-0.15, -0.1) is 0 Å². The lowest BCUT2D eigenvalue weighted by atomic mass is 10.2. The topological polar surface area (TPSA) is 96.8 Å². The quantitative estimate of drug-likeness (QED) is 0.476. The van der Waals surface area contributed by atoms with Gasteiger partial charge in [-0.2, -0.15) is 0 Å². The average Bonchev–Trinajstić information content (AvgIpc) is 3.26. The van der Waals surface area contributed by atoms with E-state index in [0.717, 1.165) is 5.69 Å². The molecule has 3 N–H and O–H groups in total. The number of hydrogen-bond donors (Lipinski definition) is 3. The molecule has 0 radical (unpaired) electrons. The van der Waals surface area contributed by atoms with Gasteiger partial charge in [-0.1, -0.05) is 12.1 Å². The van der Waals surface area contributed by atoms with Gasteiger partial charge in [-0.05, 0) is 36.4 Å². The van der Waals surface area contributed by atoms with Crippen LogP contribution in [0.2, 0.25) is 0 Å². The molecule has 4 aromatic rings. The fourth-order valence-electron chi connectivity index (χ4n) is 2.58. The van der Waals surface area contributed by atoms with E-state index in [1.54, 1.807) is 65.8 Å². The van der Waals surface area contributed by atoms with Gasteiger partial charge in [0.05, 0.1) is 5.69 Å². The molecule has 0 atom stereocenters. The van der Waals surface area contributed by atoms with Crippen molar-refractivity contribution in [2.75, 3.05) is 16.0 Å². The molecule has 2 aromatic heterocycles. The first-order valence-electron chi connectivity index (χ1n) is 8.67. The summed E-state index contributed by atoms with van der Waals surface area (Å²) in [4.78, 5) is 24.4. The zero-order chi connectivity index (χ0) is 20.1. The number of carbonyl (C=O) groups is 1. The highest BCUT2D eigenvalue weighted by atomic mass is 19.1. The second-order valence-electron chi connectivity index (χ2n) is 5.99. The Morgan fingerprint density at radius 3 is 2.52 bits per heavy atom. The van der Waals surface area contributed by atoms with Gasteiger partial charge in [0.15, 0.2) is 0 Å². The number of benzene rings is 2. The van der Waals surface area contributed by atoms with Crippen LogP contribution >= 0.6 is 0 Å². The third-order valence-corrected chi connectivity index (χ3v) is 3.96. The highest BCUT2D eigenvalue weighted by Crippen LogP contribution is 2.19. The van der Waals surface area contributed by atoms with Crippen LogP contribution in [0, 0.1) is 5.82 Å². The number of aromatic nitrogens is 4. The van der Waals surface area contributed by atoms with Crippen molar-refractivity contribution in [3.63, 3.8) is 0 Å². The second-order valence-corrected chi connectivity index (χ2v) is 5.99. The van der Waals surface area contributed by atoms with E-state index in [1.165, 1.54) is 18.5 Å². The van der Waals surface area contributed by atoms with E-state index in [0.29, 0.717) is 17.3 Å². The van der Waals surface area contributed by atoms with Crippen molar-refractivity contribution in [1.29, 1.82) is 0 Å². The highest BCUT2D eigenvalue weighted by molar-refractivity contribution is 5.99. The number of nitrogens with zero attached hydrogens (tertiary/aromatic N) is 4. The van der Waals surface area contributed by atoms with Gasteiger partial charge in [0.25, 0.3) is 0 Å². The van der Waals surface area contributed by atoms with Crippen LogP contribution in [0.4, 0.5) is 32.1 Å². The first-order chi connectivity index (χ1) is 14.2. The van der Waals surface area contributed by atoms with Crippen LogP contribution in [0.15, 0.2) is 79.6 Å². The fraction of sp³-hybridized carbons (Fsp3) is 0. The van der Waals surface area contributed by atoms with Crippen molar-refractivity contribution >= 4 is 28.9 Å². The number of halogens is 1. The summed E-state index contributed by atoms with van der Waals surface area (Å²) in [6, 6.07) is 14.2. The van der Waals surface area contributed by atoms with Gasteiger partial charge in [0.1, 0.15) is 30.1 Å². The van der Waals surface area contributed by atoms with Crippen molar-refractivity contribution in [1.82, 2.24) is 19.5 Å². The maximum atomic E-state index is 13.6. The number of hydrogen-bond acceptors (Lipinski definition) is 5. The first kappa shape index (κ1) is 18.1. The molecule has 29 heavy (non-hydrogen) atoms. The minimum Gasteiger partial charge on any atom is -0.340 e. The van der Waals surface area contributed by atoms with Gasteiger partial charge in [-0.25, -0.2) is 24.1 Å². The van der Waals surface area contributed by atoms with Crippen LogP contribution in [-0.4, -0.2) is 25.6 Å². The molecule has 8 nitrogen and oxygen atoms in total. The fourth-order valence-corrected chi connectivity index (χ4v) is 2.58. The largest absolute Gasteiger partial charge is 0.340 e. The van der Waals surface area contributed by atoms with Crippen LogP contribution in [0.5, 0.6) is 0 Å². The van der Waals surface area contributed by atoms with Crippen molar-refractivity contribution in [2.24, 2.45) is 0 Å². The zero-order valence-electron chi connectivity index (χ0n) is 15.1. The lowest BCUT2D eigenvalue weighted by Crippen LogP contribution is -2.20. The van der Waals surface area contributed by atoms with Gasteiger partial charge >= 0.3 is 6.03 Å². The van der Waals surface area contributed by atoms with Crippen LogP contribution in [0.3, 0.4) is 0 Å². The Balaban J connectivity index is 1.39. The molecule has 2 heterocycles. The maximum Gasteiger partial charge on any atom is 0.323 e. The molecule has 0 fully saturated rings. The number of urea groups is 1. The predicted molar refractivity (Wildman–Crippen MR) is 108 cm³/mol. The number of anilines is 4. The average molecular weight is 389 g/mol. The van der Waals surface area contributed by atoms with E-state index >= 15 is 0 Å². The van der Waals surface area contributed by atoms with E-state index in [1.807, 2.05) is 0 Å². The Labute approximate surface area is 165 Å². The van der Waals surface area contributed by atoms with Crippen LogP contribution in [0.1, 0.15) is 0 Å². The lowest BCUT2D eigenvalue weighted by molar-refractivity contribution is 0.262. The van der Waals surface area contributed by atoms with Crippen LogP contribution in [0.25, 0.3) is 5.82 Å². The molecule has 2 aromatic carbocycles. The maximum absolute atomic E-state index is 13.6. The summed E-state index contributed by atoms with van der Waals surface area (Å²) in [5.74, 6) is 0.798. The molecule has 4 rings (SSSR count). The van der Waals surface area contributed by atoms with Crippen LogP contribution < -0.4 is 16.0 Å². The summed E-state index contributed by atoms with van der Waals surface area (Å²) >= 11 is 0. The smallest absolute Gasteiger partial charge is 0.323 e. The third-order valence-electron chi connectivity index (χ3n) is 3.96. The Morgan fingerprint density at radius 1 is 0.966 bits per heavy atom. The number of rotatable bonds is 5. The molecular formula is C20H16FN7O. The minimum absolute atomic E-state index is 0.112. The molecule has 0 aliphatic rings. The molecular weight excluding hydrogens is 373 g/mol. The second kappa shape index (κ2) is 8.17. The van der Waals surface area contributed by atoms with Crippen LogP contribution in [-0.2, 0) is 0 Å². The third kappa shape index (κ3) is 4.53. The van der Waals surface area contributed by atoms with Crippen molar-refractivity contribution in [3.05, 3.63) is 85.5 Å². The van der Waals surface area contributed by atoms with E-state index < -0.39 is 11.8 Å². The van der Waals surface area contributed by atoms with E-state index in [4.69, 9.17) is 0 Å². The highest BCUT2D eigenvalue weighted by Gasteiger charge is 2.07. The molecule has 0 aliphatic carbocycles. The number of nitrogens with one attached hydrogen (secondary N) is 3. The normalized spacial score (nSPS) is 10.4. The van der Waals surface area contributed by atoms with Gasteiger partial charge in [0, 0.05) is 29.8 Å². The summed E-state index contributed by atoms with van der Waals surface area (Å²) in [5.41, 5.74) is 1.45. The summed E-state index contributed by atoms with van der Waals surface area (Å²) in [7, 11) is 0. The summed E-state index contributed by atoms with van der Waals surface area (Å²) < 4.78 is 15.4. The van der Waals surface area contributed by atoms with E-state index in [-0.39, 0.29) is 5.69 Å².